The van der Waals surface area contributed by atoms with Gasteiger partial charge < -0.3 is 16.4 Å². The highest BCUT2D eigenvalue weighted by molar-refractivity contribution is 7.18. The van der Waals surface area contributed by atoms with Gasteiger partial charge in [-0.25, -0.2) is 4.98 Å². The Bertz CT molecular complexity index is 618. The third kappa shape index (κ3) is 4.42. The van der Waals surface area contributed by atoms with Crippen LogP contribution in [0.25, 0.3) is 0 Å². The number of carbonyl (C=O) groups excluding carboxylic acids is 1. The fourth-order valence-electron chi connectivity index (χ4n) is 1.63. The first-order chi connectivity index (χ1) is 9.85. The van der Waals surface area contributed by atoms with Gasteiger partial charge in [0.25, 0.3) is 5.91 Å². The van der Waals surface area contributed by atoms with E-state index in [4.69, 9.17) is 5.73 Å². The Morgan fingerprint density at radius 3 is 2.81 bits per heavy atom. The van der Waals surface area contributed by atoms with Crippen LogP contribution in [0.4, 0.5) is 10.9 Å². The average molecular weight is 305 g/mol. The summed E-state index contributed by atoms with van der Waals surface area (Å²) in [6, 6.07) is 3.73. The monoisotopic (exact) mass is 305 g/mol. The van der Waals surface area contributed by atoms with Crippen molar-refractivity contribution < 1.29 is 4.79 Å². The Kier molecular flexibility index (Phi) is 4.42. The van der Waals surface area contributed by atoms with Crippen LogP contribution in [-0.4, -0.2) is 21.4 Å². The first-order valence-electron chi connectivity index (χ1n) is 6.57. The Morgan fingerprint density at radius 1 is 1.43 bits per heavy atom. The second kappa shape index (κ2) is 6.09. The smallest absolute Gasteiger partial charge is 0.265 e. The van der Waals surface area contributed by atoms with E-state index >= 15 is 0 Å². The Labute approximate surface area is 127 Å². The molecule has 4 N–H and O–H groups in total. The first kappa shape index (κ1) is 15.2. The van der Waals surface area contributed by atoms with Gasteiger partial charge in [-0.2, -0.15) is 0 Å². The molecule has 21 heavy (non-hydrogen) atoms. The number of anilines is 2. The summed E-state index contributed by atoms with van der Waals surface area (Å²) in [5.41, 5.74) is 6.62. The molecule has 0 fully saturated rings. The molecule has 1 amide bonds. The summed E-state index contributed by atoms with van der Waals surface area (Å²) in [7, 11) is 0. The lowest BCUT2D eigenvalue weighted by Gasteiger charge is -2.19. The molecule has 7 heteroatoms. The number of hydrogen-bond donors (Lipinski definition) is 3. The van der Waals surface area contributed by atoms with E-state index in [9.17, 15) is 4.79 Å². The summed E-state index contributed by atoms with van der Waals surface area (Å²) in [5, 5.41) is 6.67. The summed E-state index contributed by atoms with van der Waals surface area (Å²) in [6.07, 6.45) is 3.40. The topological polar surface area (TPSA) is 92.9 Å². The highest BCUT2D eigenvalue weighted by Crippen LogP contribution is 2.27. The second-order valence-corrected chi connectivity index (χ2v) is 6.65. The van der Waals surface area contributed by atoms with Gasteiger partial charge in [0, 0.05) is 24.5 Å². The molecule has 6 nitrogen and oxygen atoms in total. The molecule has 0 aliphatic heterocycles. The molecule has 0 saturated carbocycles. The number of nitrogens with two attached hydrogens (primary N) is 1. The average Bonchev–Trinajstić information content (AvgIpc) is 2.76. The highest BCUT2D eigenvalue weighted by atomic mass is 32.1. The second-order valence-electron chi connectivity index (χ2n) is 5.65. The van der Waals surface area contributed by atoms with Crippen LogP contribution < -0.4 is 16.4 Å². The van der Waals surface area contributed by atoms with Gasteiger partial charge in [-0.15, -0.1) is 0 Å². The lowest BCUT2D eigenvalue weighted by Crippen LogP contribution is -2.25. The molecule has 0 aliphatic rings. The fourth-order valence-corrected chi connectivity index (χ4v) is 2.64. The van der Waals surface area contributed by atoms with Crippen molar-refractivity contribution in [2.24, 2.45) is 0 Å². The van der Waals surface area contributed by atoms with Crippen LogP contribution in [0.15, 0.2) is 24.5 Å². The molecule has 0 aliphatic carbocycles. The number of hydrogen-bond acceptors (Lipinski definition) is 6. The maximum atomic E-state index is 12.1. The molecule has 2 heterocycles. The molecule has 0 radical (unpaired) electrons. The van der Waals surface area contributed by atoms with Crippen molar-refractivity contribution in [3.8, 4) is 0 Å². The minimum atomic E-state index is -0.226. The number of carbonyl (C=O) groups is 1. The van der Waals surface area contributed by atoms with Gasteiger partial charge in [0.1, 0.15) is 10.7 Å². The van der Waals surface area contributed by atoms with Gasteiger partial charge >= 0.3 is 0 Å². The third-order valence-corrected chi connectivity index (χ3v) is 3.50. The predicted octanol–water partition coefficient (Wildman–Crippen LogP) is 2.26. The summed E-state index contributed by atoms with van der Waals surface area (Å²) in [4.78, 5) is 20.8. The lowest BCUT2D eigenvalue weighted by atomic mass is 10.1. The SMILES string of the molecule is CC(C)(C)Nc1nc(N)c(C(=O)NCc2cccnc2)s1. The number of nitrogen functional groups attached to an aromatic ring is 1. The van der Waals surface area contributed by atoms with E-state index in [1.165, 1.54) is 11.3 Å². The number of aromatic nitrogens is 2. The first-order valence-corrected chi connectivity index (χ1v) is 7.38. The number of amides is 1. The molecule has 2 aromatic heterocycles. The van der Waals surface area contributed by atoms with Gasteiger partial charge in [-0.3, -0.25) is 9.78 Å². The van der Waals surface area contributed by atoms with E-state index in [0.717, 1.165) is 5.56 Å². The molecule has 2 rings (SSSR count). The number of rotatable bonds is 4. The standard InChI is InChI=1S/C14H19N5OS/c1-14(2,3)19-13-18-11(15)10(21-13)12(20)17-8-9-5-4-6-16-7-9/h4-7H,8,15H2,1-3H3,(H,17,20)(H,18,19). The molecule has 0 unspecified atom stereocenters. The van der Waals surface area contributed by atoms with Gasteiger partial charge in [-0.05, 0) is 32.4 Å². The number of nitrogens with zero attached hydrogens (tertiary/aromatic N) is 2. The summed E-state index contributed by atoms with van der Waals surface area (Å²) in [6.45, 7) is 6.47. The van der Waals surface area contributed by atoms with Crippen LogP contribution in [0.5, 0.6) is 0 Å². The lowest BCUT2D eigenvalue weighted by molar-refractivity contribution is 0.0955. The fraction of sp³-hybridized carbons (Fsp3) is 0.357. The third-order valence-electron chi connectivity index (χ3n) is 2.52. The zero-order chi connectivity index (χ0) is 15.5. The van der Waals surface area contributed by atoms with Crippen molar-refractivity contribution in [1.29, 1.82) is 0 Å². The minimum Gasteiger partial charge on any atom is -0.382 e. The summed E-state index contributed by atoms with van der Waals surface area (Å²) < 4.78 is 0. The maximum Gasteiger partial charge on any atom is 0.265 e. The van der Waals surface area contributed by atoms with Gasteiger partial charge in [0.2, 0.25) is 0 Å². The highest BCUT2D eigenvalue weighted by Gasteiger charge is 2.18. The normalized spacial score (nSPS) is 11.2. The molecule has 0 spiro atoms. The van der Waals surface area contributed by atoms with Crippen molar-refractivity contribution in [3.05, 3.63) is 35.0 Å². The Balaban J connectivity index is 2.02. The van der Waals surface area contributed by atoms with Crippen LogP contribution in [-0.2, 0) is 6.54 Å². The van der Waals surface area contributed by atoms with Crippen molar-refractivity contribution in [2.45, 2.75) is 32.9 Å². The van der Waals surface area contributed by atoms with Gasteiger partial charge in [0.15, 0.2) is 5.13 Å². The van der Waals surface area contributed by atoms with Crippen molar-refractivity contribution >= 4 is 28.2 Å². The minimum absolute atomic E-state index is 0.131. The summed E-state index contributed by atoms with van der Waals surface area (Å²) >= 11 is 1.25. The van der Waals surface area contributed by atoms with E-state index in [-0.39, 0.29) is 17.3 Å². The van der Waals surface area contributed by atoms with Crippen LogP contribution in [0.3, 0.4) is 0 Å². The van der Waals surface area contributed by atoms with Crippen LogP contribution in [0.2, 0.25) is 0 Å². The zero-order valence-corrected chi connectivity index (χ0v) is 13.1. The molecule has 0 atom stereocenters. The Morgan fingerprint density at radius 2 is 2.19 bits per heavy atom. The molecular weight excluding hydrogens is 286 g/mol. The van der Waals surface area contributed by atoms with E-state index in [0.29, 0.717) is 16.6 Å². The van der Waals surface area contributed by atoms with E-state index < -0.39 is 0 Å². The molecule has 0 saturated heterocycles. The molecule has 112 valence electrons. The number of nitrogens with one attached hydrogen (secondary N) is 2. The Hall–Kier alpha value is -2.15. The molecular formula is C14H19N5OS. The molecule has 0 aromatic carbocycles. The largest absolute Gasteiger partial charge is 0.382 e. The van der Waals surface area contributed by atoms with Gasteiger partial charge in [-0.1, -0.05) is 17.4 Å². The van der Waals surface area contributed by atoms with Crippen molar-refractivity contribution in [2.75, 3.05) is 11.1 Å². The zero-order valence-electron chi connectivity index (χ0n) is 12.3. The van der Waals surface area contributed by atoms with Crippen LogP contribution in [0, 0.1) is 0 Å². The quantitative estimate of drug-likeness (QED) is 0.805. The van der Waals surface area contributed by atoms with Crippen molar-refractivity contribution in [3.63, 3.8) is 0 Å². The van der Waals surface area contributed by atoms with Crippen LogP contribution in [0.1, 0.15) is 36.0 Å². The van der Waals surface area contributed by atoms with Gasteiger partial charge in [0.05, 0.1) is 0 Å². The van der Waals surface area contributed by atoms with E-state index in [2.05, 4.69) is 20.6 Å². The maximum absolute atomic E-state index is 12.1. The number of thiazole rings is 1. The van der Waals surface area contributed by atoms with Crippen LogP contribution >= 0.6 is 11.3 Å². The van der Waals surface area contributed by atoms with E-state index in [1.54, 1.807) is 12.4 Å². The van der Waals surface area contributed by atoms with E-state index in [1.807, 2.05) is 32.9 Å². The summed E-state index contributed by atoms with van der Waals surface area (Å²) in [5.74, 6) is 0.0197. The molecule has 0 bridgehead atoms. The van der Waals surface area contributed by atoms with Crippen molar-refractivity contribution in [1.82, 2.24) is 15.3 Å². The predicted molar refractivity (Wildman–Crippen MR) is 85.3 cm³/mol. The molecule has 2 aromatic rings. The number of pyridine rings is 1.